The van der Waals surface area contributed by atoms with Crippen LogP contribution in [0.5, 0.6) is 0 Å². The van der Waals surface area contributed by atoms with Gasteiger partial charge < -0.3 is 64.7 Å². The van der Waals surface area contributed by atoms with Crippen LogP contribution in [0.25, 0.3) is 22.3 Å². The second-order valence-electron chi connectivity index (χ2n) is 30.6. The largest absolute Gasteiger partial charge is 0.449 e. The van der Waals surface area contributed by atoms with E-state index in [1.54, 1.807) is 0 Å². The number of piperidine rings is 1. The number of rotatable bonds is 38. The third-order valence-electron chi connectivity index (χ3n) is 19.9. The lowest BCUT2D eigenvalue weighted by atomic mass is 9.89. The van der Waals surface area contributed by atoms with Gasteiger partial charge in [-0.15, -0.1) is 0 Å². The molecule has 4 fully saturated rings. The smallest absolute Gasteiger partial charge is 0.407 e. The SMILES string of the molecule is C1CCNCC1.CC(C)C[C@H](CC(=O)[C@@H](N)CCCNC(=O)OCC1c2ccccc2-c2ccccc21)C(N)=O.CC(C)C[C@H](CC(=O)[C@H](CCCN)NC(=O)C1CC1)C(N)=O.CC(C)C[C@H](CC(=O)[C@H](CCCNC(=O)OCC1c2ccccc2-c2ccccc21)NC(=O)C1CC1)C(N)=O.O=C(Cl)C1CC1.S.S.S.S.S.S. The first kappa shape index (κ1) is 107. The molecular formula is C83H131ClN10O13S6. The van der Waals surface area contributed by atoms with Gasteiger partial charge in [0.2, 0.25) is 34.8 Å². The highest BCUT2D eigenvalue weighted by Crippen LogP contribution is 2.46. The Kier molecular flexibility index (Phi) is 53.0. The number of ether oxygens (including phenoxy) is 2. The van der Waals surface area contributed by atoms with Gasteiger partial charge in [-0.2, -0.15) is 81.0 Å². The Labute approximate surface area is 716 Å². The van der Waals surface area contributed by atoms with E-state index in [4.69, 9.17) is 49.7 Å². The van der Waals surface area contributed by atoms with Crippen molar-refractivity contribution in [3.05, 3.63) is 119 Å². The predicted octanol–water partition coefficient (Wildman–Crippen LogP) is 11.4. The summed E-state index contributed by atoms with van der Waals surface area (Å²) in [5.41, 5.74) is 37.1. The minimum atomic E-state index is -0.712. The van der Waals surface area contributed by atoms with Crippen LogP contribution < -0.4 is 55.3 Å². The van der Waals surface area contributed by atoms with Crippen LogP contribution in [0.4, 0.5) is 9.59 Å². The van der Waals surface area contributed by atoms with Crippen molar-refractivity contribution >= 4 is 157 Å². The van der Waals surface area contributed by atoms with Gasteiger partial charge in [0, 0.05) is 79.7 Å². The van der Waals surface area contributed by atoms with E-state index in [9.17, 15) is 52.7 Å². The van der Waals surface area contributed by atoms with Crippen LogP contribution >= 0.6 is 92.6 Å². The summed E-state index contributed by atoms with van der Waals surface area (Å²) in [4.78, 5) is 132. The minimum absolute atomic E-state index is 0. The van der Waals surface area contributed by atoms with Crippen molar-refractivity contribution in [1.82, 2.24) is 26.6 Å². The first-order valence-electron chi connectivity index (χ1n) is 38.8. The quantitative estimate of drug-likeness (QED) is 0.0147. The van der Waals surface area contributed by atoms with Crippen LogP contribution in [0.15, 0.2) is 97.1 Å². The minimum Gasteiger partial charge on any atom is -0.449 e. The second kappa shape index (κ2) is 56.1. The van der Waals surface area contributed by atoms with Gasteiger partial charge in [-0.1, -0.05) is 145 Å². The molecule has 6 atom stereocenters. The number of Topliss-reactive ketones (excluding diaryl/α,β-unsaturated/α-hetero) is 3. The van der Waals surface area contributed by atoms with Gasteiger partial charge in [0.1, 0.15) is 19.0 Å². The van der Waals surface area contributed by atoms with Crippen molar-refractivity contribution in [1.29, 1.82) is 0 Å². The van der Waals surface area contributed by atoms with Crippen LogP contribution in [0.1, 0.15) is 210 Å². The molecule has 15 N–H and O–H groups in total. The molecule has 0 spiro atoms. The van der Waals surface area contributed by atoms with Crippen molar-refractivity contribution in [2.24, 2.45) is 81.9 Å². The predicted molar refractivity (Wildman–Crippen MR) is 478 cm³/mol. The lowest BCUT2D eigenvalue weighted by molar-refractivity contribution is -0.131. The van der Waals surface area contributed by atoms with Gasteiger partial charge in [-0.3, -0.25) is 43.2 Å². The number of alkyl carbamates (subject to hydrolysis) is 2. The zero-order valence-corrected chi connectivity index (χ0v) is 73.4. The molecule has 1 heterocycles. The van der Waals surface area contributed by atoms with Crippen LogP contribution in [-0.2, 0) is 52.6 Å². The fourth-order valence-electron chi connectivity index (χ4n) is 13.6. The molecule has 1 saturated heterocycles. The monoisotopic (exact) mass is 1700 g/mol. The molecule has 30 heteroatoms. The maximum atomic E-state index is 13.1. The van der Waals surface area contributed by atoms with Gasteiger partial charge >= 0.3 is 12.2 Å². The number of benzene rings is 4. The normalized spacial score (nSPS) is 15.4. The summed E-state index contributed by atoms with van der Waals surface area (Å²) in [5, 5.41) is 14.3. The number of carbonyl (C=O) groups excluding carboxylic acids is 11. The number of amides is 7. The Morgan fingerprint density at radius 2 is 0.752 bits per heavy atom. The Morgan fingerprint density at radius 1 is 0.442 bits per heavy atom. The molecule has 634 valence electrons. The molecule has 4 aromatic carbocycles. The van der Waals surface area contributed by atoms with Gasteiger partial charge in [0.05, 0.1) is 18.1 Å². The molecule has 113 heavy (non-hydrogen) atoms. The zero-order valence-electron chi connectivity index (χ0n) is 66.7. The number of nitrogens with one attached hydrogen (secondary N) is 5. The van der Waals surface area contributed by atoms with Crippen molar-refractivity contribution in [3.8, 4) is 22.3 Å². The first-order chi connectivity index (χ1) is 51.2. The summed E-state index contributed by atoms with van der Waals surface area (Å²) in [5.74, 6) is -2.61. The Morgan fingerprint density at radius 3 is 1.02 bits per heavy atom. The number of primary amides is 3. The van der Waals surface area contributed by atoms with E-state index in [-0.39, 0.29) is 195 Å². The van der Waals surface area contributed by atoms with E-state index < -0.39 is 65.8 Å². The van der Waals surface area contributed by atoms with Gasteiger partial charge in [0.25, 0.3) is 0 Å². The van der Waals surface area contributed by atoms with Gasteiger partial charge in [-0.25, -0.2) is 9.59 Å². The molecule has 0 unspecified atom stereocenters. The number of halogens is 1. The van der Waals surface area contributed by atoms with Crippen molar-refractivity contribution < 1.29 is 62.2 Å². The average molecular weight is 1700 g/mol. The third-order valence-corrected chi connectivity index (χ3v) is 20.2. The molecule has 0 bridgehead atoms. The van der Waals surface area contributed by atoms with E-state index in [0.29, 0.717) is 77.4 Å². The zero-order chi connectivity index (χ0) is 78.1. The molecule has 23 nitrogen and oxygen atoms in total. The van der Waals surface area contributed by atoms with E-state index in [1.807, 2.05) is 90.1 Å². The van der Waals surface area contributed by atoms with Crippen molar-refractivity contribution in [3.63, 3.8) is 0 Å². The molecule has 3 saturated carbocycles. The lowest BCUT2D eigenvalue weighted by Crippen LogP contribution is -2.43. The molecule has 0 radical (unpaired) electrons. The highest BCUT2D eigenvalue weighted by Gasteiger charge is 2.37. The van der Waals surface area contributed by atoms with Gasteiger partial charge in [0.15, 0.2) is 11.6 Å². The van der Waals surface area contributed by atoms with Crippen LogP contribution in [0, 0.1) is 53.3 Å². The van der Waals surface area contributed by atoms with Crippen LogP contribution in [-0.4, -0.2) is 128 Å². The molecule has 4 aromatic rings. The van der Waals surface area contributed by atoms with E-state index in [2.05, 4.69) is 75.1 Å². The number of carbonyl (C=O) groups is 11. The Bertz CT molecular complexity index is 3520. The Hall–Kier alpha value is -6.28. The van der Waals surface area contributed by atoms with E-state index >= 15 is 0 Å². The summed E-state index contributed by atoms with van der Waals surface area (Å²) < 4.78 is 11.1. The topological polar surface area (TPSA) is 396 Å². The Balaban J connectivity index is 0.00000154. The summed E-state index contributed by atoms with van der Waals surface area (Å²) in [6.07, 6.45) is 13.4. The summed E-state index contributed by atoms with van der Waals surface area (Å²) in [6, 6.07) is 30.7. The summed E-state index contributed by atoms with van der Waals surface area (Å²) in [6.45, 7) is 16.0. The molecular weight excluding hydrogens is 1570 g/mol. The number of hydrogen-bond donors (Lipinski definition) is 10. The van der Waals surface area contributed by atoms with Gasteiger partial charge in [-0.05, 0) is 203 Å². The number of nitrogens with two attached hydrogens (primary N) is 5. The lowest BCUT2D eigenvalue weighted by Gasteiger charge is -2.21. The molecule has 1 aliphatic heterocycles. The highest BCUT2D eigenvalue weighted by atomic mass is 35.5. The average Bonchev–Trinajstić information content (AvgIpc) is 1.62. The van der Waals surface area contributed by atoms with E-state index in [1.165, 1.54) is 43.5 Å². The second-order valence-corrected chi connectivity index (χ2v) is 31.0. The molecule has 5 aliphatic carbocycles. The maximum Gasteiger partial charge on any atom is 0.407 e. The molecule has 0 aromatic heterocycles. The highest BCUT2D eigenvalue weighted by molar-refractivity contribution is 7.60. The third kappa shape index (κ3) is 38.1. The fraction of sp³-hybridized carbons (Fsp3) is 0.578. The first-order valence-corrected chi connectivity index (χ1v) is 39.1. The molecule has 6 aliphatic rings. The molecule has 10 rings (SSSR count). The maximum absolute atomic E-state index is 13.1. The van der Waals surface area contributed by atoms with Crippen molar-refractivity contribution in [2.75, 3.05) is 45.9 Å². The number of ketones is 3. The van der Waals surface area contributed by atoms with Crippen LogP contribution in [0.3, 0.4) is 0 Å². The number of fused-ring (bicyclic) bond motifs is 6. The summed E-state index contributed by atoms with van der Waals surface area (Å²) in [7, 11) is 0. The summed E-state index contributed by atoms with van der Waals surface area (Å²) >= 11 is 5.04. The standard InChI is InChI=1S/C31H39N3O5.C27H35N3O4.C16H29N3O3.C5H11N.C4H5ClO.6H2S/c1-19(2)16-21(29(32)36)17-28(35)27(34-30(37)20-13-14-20)12-7-15-33-31(38)39-18-26-24-10-5-3-8-22(24)23-9-4-6-11-25(23)26;1-17(2)14-18(26(29)32)15-25(31)24(28)12-7-13-30-27(33)34-16-23-21-10-5-3-8-19(21)20-9-4-6-11-22(20)23;1-10(2)8-12(15(18)21)9-14(20)13(4-3-7-17)19-16(22)11-5-6-11;1-2-4-6-5-3-1;5-4(6)3-1-2-3;;;;;;/h3-6,8-11,19-21,26-27H,7,12-18H2,1-2H3,(H2,32,36)(H,33,38)(H,34,37);3-6,8-11,17-18,23-24H,7,12-16,28H2,1-2H3,(H2,29,32)(H,30,33);10-13H,3-9,17H2,1-2H3,(H2,18,21)(H,19,22);6H,1-5H2;3H,1-2H2;6*1H2/t21-,27+;18-,24+;12-,13+;;;;;;;;/m111......../s1. The van der Waals surface area contributed by atoms with Crippen molar-refractivity contribution in [2.45, 2.75) is 206 Å². The fourth-order valence-corrected chi connectivity index (χ4v) is 13.8. The number of hydrogen-bond acceptors (Lipinski definition) is 16. The van der Waals surface area contributed by atoms with E-state index in [0.717, 1.165) is 71.9 Å². The van der Waals surface area contributed by atoms with Crippen LogP contribution in [0.2, 0.25) is 0 Å². The molecule has 7 amide bonds.